The summed E-state index contributed by atoms with van der Waals surface area (Å²) >= 11 is 0. The summed E-state index contributed by atoms with van der Waals surface area (Å²) in [6.45, 7) is 0. The highest BCUT2D eigenvalue weighted by atomic mass is 16.2. The molecule has 1 heterocycles. The molecule has 3 rings (SSSR count). The van der Waals surface area contributed by atoms with E-state index in [1.165, 1.54) is 11.1 Å². The Bertz CT molecular complexity index is 580. The molecule has 1 aromatic rings. The molecule has 0 radical (unpaired) electrons. The number of hydrogen-bond donors (Lipinski definition) is 3. The van der Waals surface area contributed by atoms with Gasteiger partial charge in [0.1, 0.15) is 5.70 Å². The van der Waals surface area contributed by atoms with Gasteiger partial charge in [-0.2, -0.15) is 0 Å². The van der Waals surface area contributed by atoms with E-state index < -0.39 is 0 Å². The number of benzene rings is 1. The van der Waals surface area contributed by atoms with Gasteiger partial charge in [0.15, 0.2) is 0 Å². The second-order valence-corrected chi connectivity index (χ2v) is 5.11. The van der Waals surface area contributed by atoms with E-state index in [0.717, 1.165) is 19.3 Å². The average Bonchev–Trinajstić information content (AvgIpc) is 2.48. The number of amides is 2. The van der Waals surface area contributed by atoms with E-state index in [1.807, 2.05) is 12.1 Å². The molecule has 5 heteroatoms. The van der Waals surface area contributed by atoms with Crippen molar-refractivity contribution in [3.8, 4) is 0 Å². The second kappa shape index (κ2) is 5.36. The Labute approximate surface area is 117 Å². The summed E-state index contributed by atoms with van der Waals surface area (Å²) in [6, 6.07) is 8.27. The van der Waals surface area contributed by atoms with Gasteiger partial charge in [-0.1, -0.05) is 24.3 Å². The second-order valence-electron chi connectivity index (χ2n) is 5.11. The molecular formula is C15H17N3O2. The lowest BCUT2D eigenvalue weighted by Crippen LogP contribution is -2.45. The number of hydrazine groups is 1. The fourth-order valence-corrected chi connectivity index (χ4v) is 2.72. The van der Waals surface area contributed by atoms with E-state index in [9.17, 15) is 9.59 Å². The highest BCUT2D eigenvalue weighted by molar-refractivity contribution is 5.95. The van der Waals surface area contributed by atoms with Gasteiger partial charge in [0.25, 0.3) is 5.91 Å². The zero-order valence-electron chi connectivity index (χ0n) is 11.1. The van der Waals surface area contributed by atoms with Gasteiger partial charge < -0.3 is 5.32 Å². The monoisotopic (exact) mass is 271 g/mol. The van der Waals surface area contributed by atoms with E-state index in [2.05, 4.69) is 28.3 Å². The van der Waals surface area contributed by atoms with Crippen LogP contribution in [0.25, 0.3) is 0 Å². The third-order valence-electron chi connectivity index (χ3n) is 3.75. The number of carbonyl (C=O) groups excluding carboxylic acids is 2. The lowest BCUT2D eigenvalue weighted by atomic mass is 9.87. The molecule has 104 valence electrons. The maximum Gasteiger partial charge on any atom is 0.269 e. The zero-order valence-corrected chi connectivity index (χ0v) is 11.1. The minimum Gasteiger partial charge on any atom is -0.344 e. The smallest absolute Gasteiger partial charge is 0.269 e. The first-order valence-electron chi connectivity index (χ1n) is 6.88. The van der Waals surface area contributed by atoms with Crippen molar-refractivity contribution in [3.63, 3.8) is 0 Å². The lowest BCUT2D eigenvalue weighted by Gasteiger charge is -2.27. The Balaban J connectivity index is 1.73. The zero-order chi connectivity index (χ0) is 13.9. The van der Waals surface area contributed by atoms with E-state index in [1.54, 1.807) is 6.08 Å². The third kappa shape index (κ3) is 2.52. The van der Waals surface area contributed by atoms with Gasteiger partial charge in [0.05, 0.1) is 6.04 Å². The molecule has 20 heavy (non-hydrogen) atoms. The summed E-state index contributed by atoms with van der Waals surface area (Å²) in [7, 11) is 0. The predicted octanol–water partition coefficient (Wildman–Crippen LogP) is 1.09. The minimum absolute atomic E-state index is 0.0489. The number of nitrogens with one attached hydrogen (secondary N) is 3. The van der Waals surface area contributed by atoms with E-state index >= 15 is 0 Å². The molecule has 5 nitrogen and oxygen atoms in total. The molecule has 2 amide bonds. The van der Waals surface area contributed by atoms with Crippen molar-refractivity contribution in [1.82, 2.24) is 16.2 Å². The fraction of sp³-hybridized carbons (Fsp3) is 0.333. The molecule has 0 saturated heterocycles. The van der Waals surface area contributed by atoms with Crippen LogP contribution in [0, 0.1) is 0 Å². The first-order chi connectivity index (χ1) is 9.74. The van der Waals surface area contributed by atoms with Gasteiger partial charge in [-0.25, -0.2) is 0 Å². The lowest BCUT2D eigenvalue weighted by molar-refractivity contribution is -0.122. The molecule has 1 aliphatic heterocycles. The quantitative estimate of drug-likeness (QED) is 0.754. The SMILES string of the molecule is O=C1CC=C(C(=O)N[C@@H]2CCCc3ccccc32)NN1. The van der Waals surface area contributed by atoms with E-state index in [4.69, 9.17) is 0 Å². The van der Waals surface area contributed by atoms with Gasteiger partial charge in [0, 0.05) is 6.42 Å². The Morgan fingerprint density at radius 2 is 2.10 bits per heavy atom. The van der Waals surface area contributed by atoms with Crippen molar-refractivity contribution in [2.24, 2.45) is 0 Å². The van der Waals surface area contributed by atoms with E-state index in [-0.39, 0.29) is 24.3 Å². The maximum absolute atomic E-state index is 12.2. The summed E-state index contributed by atoms with van der Waals surface area (Å²) in [5.41, 5.74) is 8.00. The van der Waals surface area contributed by atoms with Crippen LogP contribution in [-0.4, -0.2) is 11.8 Å². The summed E-state index contributed by atoms with van der Waals surface area (Å²) in [5.74, 6) is -0.309. The summed E-state index contributed by atoms with van der Waals surface area (Å²) in [4.78, 5) is 23.2. The van der Waals surface area contributed by atoms with Crippen molar-refractivity contribution >= 4 is 11.8 Å². The van der Waals surface area contributed by atoms with Gasteiger partial charge in [-0.15, -0.1) is 0 Å². The normalized spacial score (nSPS) is 21.1. The molecule has 0 saturated carbocycles. The Morgan fingerprint density at radius 3 is 2.90 bits per heavy atom. The van der Waals surface area contributed by atoms with Crippen molar-refractivity contribution in [2.45, 2.75) is 31.7 Å². The van der Waals surface area contributed by atoms with Crippen LogP contribution in [0.2, 0.25) is 0 Å². The Hall–Kier alpha value is -2.30. The molecular weight excluding hydrogens is 254 g/mol. The third-order valence-corrected chi connectivity index (χ3v) is 3.75. The van der Waals surface area contributed by atoms with Gasteiger partial charge in [-0.05, 0) is 36.5 Å². The summed E-state index contributed by atoms with van der Waals surface area (Å²) < 4.78 is 0. The maximum atomic E-state index is 12.2. The molecule has 1 aromatic carbocycles. The number of fused-ring (bicyclic) bond motifs is 1. The predicted molar refractivity (Wildman–Crippen MR) is 74.2 cm³/mol. The largest absolute Gasteiger partial charge is 0.344 e. The molecule has 0 fully saturated rings. The van der Waals surface area contributed by atoms with Crippen LogP contribution < -0.4 is 16.2 Å². The molecule has 0 aromatic heterocycles. The molecule has 3 N–H and O–H groups in total. The molecule has 0 bridgehead atoms. The number of hydrogen-bond acceptors (Lipinski definition) is 3. The van der Waals surface area contributed by atoms with Crippen molar-refractivity contribution in [2.75, 3.05) is 0 Å². The Kier molecular flexibility index (Phi) is 3.41. The Morgan fingerprint density at radius 1 is 1.25 bits per heavy atom. The van der Waals surface area contributed by atoms with Crippen molar-refractivity contribution < 1.29 is 9.59 Å². The highest BCUT2D eigenvalue weighted by Crippen LogP contribution is 2.29. The standard InChI is InChI=1S/C15H17N3O2/c19-14-9-8-13(17-18-14)15(20)16-12-7-3-5-10-4-1-2-6-11(10)12/h1-2,4,6,8,12,17H,3,5,7,9H2,(H,16,20)(H,18,19)/t12-/m1/s1. The van der Waals surface area contributed by atoms with Gasteiger partial charge in [0.2, 0.25) is 5.91 Å². The summed E-state index contributed by atoms with van der Waals surface area (Å²) in [5, 5.41) is 3.04. The van der Waals surface area contributed by atoms with Crippen molar-refractivity contribution in [3.05, 3.63) is 47.2 Å². The number of aryl methyl sites for hydroxylation is 1. The number of rotatable bonds is 2. The molecule has 1 atom stereocenters. The highest BCUT2D eigenvalue weighted by Gasteiger charge is 2.23. The first-order valence-corrected chi connectivity index (χ1v) is 6.88. The minimum atomic E-state index is -0.174. The van der Waals surface area contributed by atoms with Crippen LogP contribution in [0.4, 0.5) is 0 Å². The average molecular weight is 271 g/mol. The van der Waals surface area contributed by atoms with Crippen LogP contribution >= 0.6 is 0 Å². The molecule has 0 spiro atoms. The fourth-order valence-electron chi connectivity index (χ4n) is 2.72. The molecule has 0 unspecified atom stereocenters. The van der Waals surface area contributed by atoms with E-state index in [0.29, 0.717) is 5.70 Å². The van der Waals surface area contributed by atoms with Crippen molar-refractivity contribution in [1.29, 1.82) is 0 Å². The topological polar surface area (TPSA) is 70.2 Å². The van der Waals surface area contributed by atoms with Crippen LogP contribution in [-0.2, 0) is 16.0 Å². The molecule has 2 aliphatic rings. The van der Waals surface area contributed by atoms with Crippen LogP contribution in [0.15, 0.2) is 36.0 Å². The van der Waals surface area contributed by atoms with Gasteiger partial charge >= 0.3 is 0 Å². The van der Waals surface area contributed by atoms with Crippen LogP contribution in [0.3, 0.4) is 0 Å². The first kappa shape index (κ1) is 12.7. The van der Waals surface area contributed by atoms with Crippen LogP contribution in [0.1, 0.15) is 36.4 Å². The number of carbonyl (C=O) groups is 2. The van der Waals surface area contributed by atoms with Gasteiger partial charge in [-0.3, -0.25) is 20.4 Å². The van der Waals surface area contributed by atoms with Crippen LogP contribution in [0.5, 0.6) is 0 Å². The molecule has 1 aliphatic carbocycles. The summed E-state index contributed by atoms with van der Waals surface area (Å²) in [6.07, 6.45) is 4.94.